The smallest absolute Gasteiger partial charge is 0.149 e. The molecule has 0 aliphatic carbocycles. The second-order valence-corrected chi connectivity index (χ2v) is 6.18. The second-order valence-electron chi connectivity index (χ2n) is 3.59. The Balaban J connectivity index is 2.96. The minimum Gasteiger partial charge on any atom is -0.497 e. The van der Waals surface area contributed by atoms with Crippen LogP contribution in [-0.4, -0.2) is 27.5 Å². The quantitative estimate of drug-likeness (QED) is 0.891. The van der Waals surface area contributed by atoms with Crippen molar-refractivity contribution in [2.24, 2.45) is 5.73 Å². The van der Waals surface area contributed by atoms with Gasteiger partial charge in [-0.05, 0) is 17.7 Å². The van der Waals surface area contributed by atoms with Gasteiger partial charge in [0.1, 0.15) is 15.6 Å². The third-order valence-corrected chi connectivity index (χ3v) is 3.38. The number of hydrogen-bond donors (Lipinski definition) is 1. The molecule has 0 aromatic heterocycles. The van der Waals surface area contributed by atoms with Gasteiger partial charge in [0.25, 0.3) is 0 Å². The van der Waals surface area contributed by atoms with Crippen LogP contribution in [0.15, 0.2) is 18.2 Å². The molecule has 0 fully saturated rings. The van der Waals surface area contributed by atoms with Crippen molar-refractivity contribution < 1.29 is 13.2 Å². The van der Waals surface area contributed by atoms with E-state index in [1.54, 1.807) is 18.2 Å². The highest BCUT2D eigenvalue weighted by atomic mass is 35.5. The monoisotopic (exact) mass is 263 g/mol. The van der Waals surface area contributed by atoms with Crippen LogP contribution in [0.1, 0.15) is 11.6 Å². The fourth-order valence-electron chi connectivity index (χ4n) is 1.35. The Hall–Kier alpha value is -0.780. The normalized spacial score (nSPS) is 13.5. The molecule has 0 heterocycles. The van der Waals surface area contributed by atoms with Gasteiger partial charge in [0.05, 0.1) is 12.9 Å². The molecule has 1 atom stereocenters. The number of nitrogens with two attached hydrogens (primary N) is 1. The minimum absolute atomic E-state index is 0.126. The van der Waals surface area contributed by atoms with Crippen molar-refractivity contribution in [3.05, 3.63) is 28.8 Å². The van der Waals surface area contributed by atoms with Gasteiger partial charge >= 0.3 is 0 Å². The Morgan fingerprint density at radius 2 is 2.12 bits per heavy atom. The van der Waals surface area contributed by atoms with E-state index in [0.717, 1.165) is 6.26 Å². The number of rotatable bonds is 4. The summed E-state index contributed by atoms with van der Waals surface area (Å²) in [6.45, 7) is 0. The predicted molar refractivity (Wildman–Crippen MR) is 64.6 cm³/mol. The van der Waals surface area contributed by atoms with Gasteiger partial charge < -0.3 is 10.5 Å². The van der Waals surface area contributed by atoms with E-state index in [-0.39, 0.29) is 5.75 Å². The molecule has 1 unspecified atom stereocenters. The van der Waals surface area contributed by atoms with E-state index >= 15 is 0 Å². The summed E-state index contributed by atoms with van der Waals surface area (Å²) >= 11 is 5.98. The lowest BCUT2D eigenvalue weighted by Gasteiger charge is -2.13. The molecule has 0 spiro atoms. The van der Waals surface area contributed by atoms with Gasteiger partial charge in [0.15, 0.2) is 0 Å². The number of halogens is 1. The largest absolute Gasteiger partial charge is 0.497 e. The highest BCUT2D eigenvalue weighted by Crippen LogP contribution is 2.26. The number of ether oxygens (including phenoxy) is 1. The lowest BCUT2D eigenvalue weighted by molar-refractivity contribution is 0.414. The predicted octanol–water partition coefficient (Wildman–Crippen LogP) is 1.39. The third-order valence-electron chi connectivity index (χ3n) is 2.09. The average molecular weight is 264 g/mol. The van der Waals surface area contributed by atoms with E-state index in [4.69, 9.17) is 22.1 Å². The summed E-state index contributed by atoms with van der Waals surface area (Å²) in [7, 11) is -1.59. The molecule has 6 heteroatoms. The summed E-state index contributed by atoms with van der Waals surface area (Å²) < 4.78 is 27.2. The van der Waals surface area contributed by atoms with E-state index in [9.17, 15) is 8.42 Å². The summed E-state index contributed by atoms with van der Waals surface area (Å²) in [6.07, 6.45) is 1.14. The highest BCUT2D eigenvalue weighted by Gasteiger charge is 2.16. The topological polar surface area (TPSA) is 69.4 Å². The van der Waals surface area contributed by atoms with E-state index in [1.807, 2.05) is 0 Å². The first kappa shape index (κ1) is 13.3. The average Bonchev–Trinajstić information content (AvgIpc) is 2.14. The SMILES string of the molecule is COc1ccc(C(N)CS(C)(=O)=O)c(Cl)c1. The van der Waals surface area contributed by atoms with Crippen LogP contribution in [0.3, 0.4) is 0 Å². The zero-order valence-electron chi connectivity index (χ0n) is 9.10. The van der Waals surface area contributed by atoms with Gasteiger partial charge in [-0.3, -0.25) is 0 Å². The van der Waals surface area contributed by atoms with Crippen LogP contribution in [0.2, 0.25) is 5.02 Å². The van der Waals surface area contributed by atoms with Crippen LogP contribution in [-0.2, 0) is 9.84 Å². The lowest BCUT2D eigenvalue weighted by Crippen LogP contribution is -2.21. The molecule has 0 saturated heterocycles. The molecule has 0 radical (unpaired) electrons. The van der Waals surface area contributed by atoms with Gasteiger partial charge in [-0.1, -0.05) is 17.7 Å². The van der Waals surface area contributed by atoms with Crippen molar-refractivity contribution in [1.29, 1.82) is 0 Å². The van der Waals surface area contributed by atoms with Gasteiger partial charge in [-0.15, -0.1) is 0 Å². The maximum Gasteiger partial charge on any atom is 0.149 e. The molecule has 0 amide bonds. The Bertz CT molecular complexity index is 473. The standard InChI is InChI=1S/C10H14ClNO3S/c1-15-7-3-4-8(9(11)5-7)10(12)6-16(2,13)14/h3-5,10H,6,12H2,1-2H3. The first-order chi connectivity index (χ1) is 7.33. The van der Waals surface area contributed by atoms with E-state index < -0.39 is 15.9 Å². The molecule has 0 bridgehead atoms. The fraction of sp³-hybridized carbons (Fsp3) is 0.400. The first-order valence-electron chi connectivity index (χ1n) is 4.60. The molecule has 0 saturated carbocycles. The number of methoxy groups -OCH3 is 1. The van der Waals surface area contributed by atoms with Gasteiger partial charge in [-0.25, -0.2) is 8.42 Å². The maximum absolute atomic E-state index is 11.1. The Kier molecular flexibility index (Phi) is 4.18. The van der Waals surface area contributed by atoms with E-state index in [1.165, 1.54) is 7.11 Å². The molecule has 90 valence electrons. The molecule has 0 aliphatic rings. The van der Waals surface area contributed by atoms with Crippen molar-refractivity contribution in [2.45, 2.75) is 6.04 Å². The van der Waals surface area contributed by atoms with Gasteiger partial charge in [0, 0.05) is 17.3 Å². The molecule has 1 rings (SSSR count). The van der Waals surface area contributed by atoms with Crippen LogP contribution < -0.4 is 10.5 Å². The summed E-state index contributed by atoms with van der Waals surface area (Å²) in [6, 6.07) is 4.37. The molecule has 2 N–H and O–H groups in total. The van der Waals surface area contributed by atoms with Gasteiger partial charge in [0.2, 0.25) is 0 Å². The van der Waals surface area contributed by atoms with Crippen LogP contribution in [0, 0.1) is 0 Å². The van der Waals surface area contributed by atoms with E-state index in [2.05, 4.69) is 0 Å². The van der Waals surface area contributed by atoms with Crippen LogP contribution in [0.4, 0.5) is 0 Å². The molecule has 0 aliphatic heterocycles. The second kappa shape index (κ2) is 5.03. The number of sulfone groups is 1. The minimum atomic E-state index is -3.12. The number of benzene rings is 1. The zero-order chi connectivity index (χ0) is 12.3. The zero-order valence-corrected chi connectivity index (χ0v) is 10.7. The van der Waals surface area contributed by atoms with Crippen molar-refractivity contribution in [1.82, 2.24) is 0 Å². The fourth-order valence-corrected chi connectivity index (χ4v) is 2.49. The summed E-state index contributed by atoms with van der Waals surface area (Å²) in [4.78, 5) is 0. The van der Waals surface area contributed by atoms with Gasteiger partial charge in [-0.2, -0.15) is 0 Å². The summed E-state index contributed by atoms with van der Waals surface area (Å²) in [5, 5.41) is 0.413. The first-order valence-corrected chi connectivity index (χ1v) is 7.04. The summed E-state index contributed by atoms with van der Waals surface area (Å²) in [5.74, 6) is 0.485. The van der Waals surface area contributed by atoms with Crippen molar-refractivity contribution in [2.75, 3.05) is 19.1 Å². The van der Waals surface area contributed by atoms with E-state index in [0.29, 0.717) is 16.3 Å². The molecular weight excluding hydrogens is 250 g/mol. The Morgan fingerprint density at radius 3 is 2.56 bits per heavy atom. The lowest BCUT2D eigenvalue weighted by atomic mass is 10.1. The maximum atomic E-state index is 11.1. The van der Waals surface area contributed by atoms with Crippen LogP contribution in [0.25, 0.3) is 0 Å². The number of hydrogen-bond acceptors (Lipinski definition) is 4. The molecular formula is C10H14ClNO3S. The van der Waals surface area contributed by atoms with Crippen molar-refractivity contribution in [3.8, 4) is 5.75 Å². The van der Waals surface area contributed by atoms with Crippen molar-refractivity contribution in [3.63, 3.8) is 0 Å². The van der Waals surface area contributed by atoms with Crippen LogP contribution in [0.5, 0.6) is 5.75 Å². The Labute approximate surface area is 100 Å². The molecule has 4 nitrogen and oxygen atoms in total. The molecule has 16 heavy (non-hydrogen) atoms. The molecule has 1 aromatic carbocycles. The third kappa shape index (κ3) is 3.66. The molecule has 1 aromatic rings. The van der Waals surface area contributed by atoms with Crippen molar-refractivity contribution >= 4 is 21.4 Å². The van der Waals surface area contributed by atoms with Crippen LogP contribution >= 0.6 is 11.6 Å². The highest BCUT2D eigenvalue weighted by molar-refractivity contribution is 7.90. The Morgan fingerprint density at radius 1 is 1.50 bits per heavy atom. The summed E-state index contributed by atoms with van der Waals surface area (Å²) in [5.41, 5.74) is 6.37.